The van der Waals surface area contributed by atoms with Gasteiger partial charge in [0.1, 0.15) is 0 Å². The van der Waals surface area contributed by atoms with Gasteiger partial charge in [0.15, 0.2) is 0 Å². The summed E-state index contributed by atoms with van der Waals surface area (Å²) >= 11 is 5.83. The first-order chi connectivity index (χ1) is 7.17. The highest BCUT2D eigenvalue weighted by molar-refractivity contribution is 6.30. The van der Waals surface area contributed by atoms with Crippen LogP contribution in [0.15, 0.2) is 24.3 Å². The number of aliphatic hydroxyl groups is 1. The fourth-order valence-electron chi connectivity index (χ4n) is 1.54. The number of benzene rings is 1. The van der Waals surface area contributed by atoms with E-state index < -0.39 is 0 Å². The van der Waals surface area contributed by atoms with Crippen molar-refractivity contribution in [1.29, 1.82) is 0 Å². The van der Waals surface area contributed by atoms with Crippen LogP contribution in [-0.4, -0.2) is 17.8 Å². The van der Waals surface area contributed by atoms with E-state index in [0.29, 0.717) is 0 Å². The molecule has 1 unspecified atom stereocenters. The molecule has 0 heterocycles. The Kier molecular flexibility index (Phi) is 5.09. The lowest BCUT2D eigenvalue weighted by Crippen LogP contribution is -2.32. The maximum absolute atomic E-state index is 8.99. The van der Waals surface area contributed by atoms with Crippen LogP contribution >= 0.6 is 11.6 Å². The van der Waals surface area contributed by atoms with Crippen molar-refractivity contribution >= 4 is 11.6 Å². The van der Waals surface area contributed by atoms with Crippen LogP contribution in [0.1, 0.15) is 31.9 Å². The van der Waals surface area contributed by atoms with Crippen molar-refractivity contribution in [3.63, 3.8) is 0 Å². The molecule has 15 heavy (non-hydrogen) atoms. The first-order valence-corrected chi connectivity index (χ1v) is 5.67. The molecule has 2 nitrogen and oxygen atoms in total. The zero-order valence-electron chi connectivity index (χ0n) is 9.20. The smallest absolute Gasteiger partial charge is 0.0582 e. The second-order valence-corrected chi connectivity index (χ2v) is 4.20. The molecule has 0 amide bonds. The summed E-state index contributed by atoms with van der Waals surface area (Å²) in [6, 6.07) is 8.23. The highest BCUT2D eigenvalue weighted by Gasteiger charge is 2.11. The van der Waals surface area contributed by atoms with E-state index in [1.165, 1.54) is 5.56 Å². The van der Waals surface area contributed by atoms with Crippen molar-refractivity contribution in [3.8, 4) is 0 Å². The van der Waals surface area contributed by atoms with E-state index >= 15 is 0 Å². The summed E-state index contributed by atoms with van der Waals surface area (Å²) in [5.74, 6) is 0. The third-order valence-electron chi connectivity index (χ3n) is 2.44. The molecule has 1 aromatic rings. The standard InChI is InChI=1S/C12H18ClNO/c1-3-12(14-9(2)8-15)10-4-6-11(13)7-5-10/h4-7,9,12,14-15H,3,8H2,1-2H3/t9-,12?/m1/s1. The number of nitrogens with one attached hydrogen (secondary N) is 1. The summed E-state index contributed by atoms with van der Waals surface area (Å²) in [4.78, 5) is 0. The number of rotatable bonds is 5. The molecule has 0 aromatic heterocycles. The Morgan fingerprint density at radius 2 is 1.93 bits per heavy atom. The van der Waals surface area contributed by atoms with Gasteiger partial charge in [-0.15, -0.1) is 0 Å². The van der Waals surface area contributed by atoms with Crippen LogP contribution < -0.4 is 5.32 Å². The van der Waals surface area contributed by atoms with Gasteiger partial charge in [0.25, 0.3) is 0 Å². The number of hydrogen-bond donors (Lipinski definition) is 2. The average Bonchev–Trinajstić information content (AvgIpc) is 2.27. The third-order valence-corrected chi connectivity index (χ3v) is 2.69. The van der Waals surface area contributed by atoms with E-state index in [-0.39, 0.29) is 18.7 Å². The van der Waals surface area contributed by atoms with Gasteiger partial charge in [-0.05, 0) is 31.0 Å². The van der Waals surface area contributed by atoms with Crippen LogP contribution in [0.25, 0.3) is 0 Å². The Morgan fingerprint density at radius 1 is 1.33 bits per heavy atom. The zero-order chi connectivity index (χ0) is 11.3. The second-order valence-electron chi connectivity index (χ2n) is 3.76. The predicted molar refractivity (Wildman–Crippen MR) is 64.2 cm³/mol. The van der Waals surface area contributed by atoms with E-state index in [4.69, 9.17) is 16.7 Å². The normalized spacial score (nSPS) is 14.9. The minimum atomic E-state index is 0.116. The highest BCUT2D eigenvalue weighted by atomic mass is 35.5. The van der Waals surface area contributed by atoms with Crippen LogP contribution in [0, 0.1) is 0 Å². The third kappa shape index (κ3) is 3.82. The molecule has 0 bridgehead atoms. The summed E-state index contributed by atoms with van der Waals surface area (Å²) < 4.78 is 0. The Morgan fingerprint density at radius 3 is 2.40 bits per heavy atom. The molecule has 84 valence electrons. The molecule has 0 radical (unpaired) electrons. The van der Waals surface area contributed by atoms with Gasteiger partial charge in [-0.25, -0.2) is 0 Å². The van der Waals surface area contributed by atoms with E-state index in [1.54, 1.807) is 0 Å². The topological polar surface area (TPSA) is 32.3 Å². The Bertz CT molecular complexity index is 286. The maximum Gasteiger partial charge on any atom is 0.0582 e. The van der Waals surface area contributed by atoms with Crippen molar-refractivity contribution in [2.75, 3.05) is 6.61 Å². The molecule has 0 spiro atoms. The van der Waals surface area contributed by atoms with Crippen molar-refractivity contribution < 1.29 is 5.11 Å². The van der Waals surface area contributed by atoms with Crippen molar-refractivity contribution in [2.45, 2.75) is 32.4 Å². The molecule has 3 heteroatoms. The first kappa shape index (κ1) is 12.5. The van der Waals surface area contributed by atoms with Gasteiger partial charge < -0.3 is 10.4 Å². The van der Waals surface area contributed by atoms with Crippen molar-refractivity contribution in [1.82, 2.24) is 5.32 Å². The van der Waals surface area contributed by atoms with Gasteiger partial charge in [0, 0.05) is 17.1 Å². The fourth-order valence-corrected chi connectivity index (χ4v) is 1.67. The first-order valence-electron chi connectivity index (χ1n) is 5.29. The van der Waals surface area contributed by atoms with Crippen LogP contribution in [0.5, 0.6) is 0 Å². The summed E-state index contributed by atoms with van der Waals surface area (Å²) in [7, 11) is 0. The molecular weight excluding hydrogens is 210 g/mol. The summed E-state index contributed by atoms with van der Waals surface area (Å²) in [6.07, 6.45) is 0.992. The zero-order valence-corrected chi connectivity index (χ0v) is 9.96. The van der Waals surface area contributed by atoms with E-state index in [9.17, 15) is 0 Å². The molecule has 2 N–H and O–H groups in total. The fraction of sp³-hybridized carbons (Fsp3) is 0.500. The minimum absolute atomic E-state index is 0.116. The Labute approximate surface area is 96.3 Å². The van der Waals surface area contributed by atoms with Gasteiger partial charge in [-0.3, -0.25) is 0 Å². The molecule has 0 aliphatic heterocycles. The van der Waals surface area contributed by atoms with Gasteiger partial charge >= 0.3 is 0 Å². The van der Waals surface area contributed by atoms with Gasteiger partial charge in [0.2, 0.25) is 0 Å². The van der Waals surface area contributed by atoms with Gasteiger partial charge in [-0.2, -0.15) is 0 Å². The lowest BCUT2D eigenvalue weighted by atomic mass is 10.0. The molecule has 1 rings (SSSR count). The molecule has 0 aliphatic rings. The largest absolute Gasteiger partial charge is 0.395 e. The Hall–Kier alpha value is -0.570. The Balaban J connectivity index is 2.69. The lowest BCUT2D eigenvalue weighted by Gasteiger charge is -2.21. The predicted octanol–water partition coefficient (Wildman–Crippen LogP) is 2.76. The lowest BCUT2D eigenvalue weighted by molar-refractivity contribution is 0.239. The van der Waals surface area contributed by atoms with E-state index in [0.717, 1.165) is 11.4 Å². The monoisotopic (exact) mass is 227 g/mol. The highest BCUT2D eigenvalue weighted by Crippen LogP contribution is 2.19. The summed E-state index contributed by atoms with van der Waals surface area (Å²) in [5, 5.41) is 13.1. The molecule has 0 fully saturated rings. The van der Waals surface area contributed by atoms with Crippen LogP contribution in [0.2, 0.25) is 5.02 Å². The van der Waals surface area contributed by atoms with Gasteiger partial charge in [0.05, 0.1) is 6.61 Å². The van der Waals surface area contributed by atoms with Crippen molar-refractivity contribution in [2.24, 2.45) is 0 Å². The van der Waals surface area contributed by atoms with Gasteiger partial charge in [-0.1, -0.05) is 30.7 Å². The van der Waals surface area contributed by atoms with E-state index in [1.807, 2.05) is 31.2 Å². The van der Waals surface area contributed by atoms with E-state index in [2.05, 4.69) is 12.2 Å². The summed E-state index contributed by atoms with van der Waals surface area (Å²) in [5.41, 5.74) is 1.21. The number of hydrogen-bond acceptors (Lipinski definition) is 2. The molecule has 1 aromatic carbocycles. The molecule has 2 atom stereocenters. The average molecular weight is 228 g/mol. The number of halogens is 1. The van der Waals surface area contributed by atoms with Crippen molar-refractivity contribution in [3.05, 3.63) is 34.9 Å². The molecular formula is C12H18ClNO. The quantitative estimate of drug-likeness (QED) is 0.811. The maximum atomic E-state index is 8.99. The van der Waals surface area contributed by atoms with Crippen LogP contribution in [0.3, 0.4) is 0 Å². The van der Waals surface area contributed by atoms with Crippen LogP contribution in [0.4, 0.5) is 0 Å². The second kappa shape index (κ2) is 6.11. The SMILES string of the molecule is CCC(N[C@H](C)CO)c1ccc(Cl)cc1. The molecule has 0 saturated heterocycles. The summed E-state index contributed by atoms with van der Waals surface area (Å²) in [6.45, 7) is 4.25. The number of aliphatic hydroxyl groups excluding tert-OH is 1. The molecule has 0 aliphatic carbocycles. The minimum Gasteiger partial charge on any atom is -0.395 e. The van der Waals surface area contributed by atoms with Crippen LogP contribution in [-0.2, 0) is 0 Å². The molecule has 0 saturated carbocycles.